The van der Waals surface area contributed by atoms with E-state index in [1.54, 1.807) is 12.1 Å². The summed E-state index contributed by atoms with van der Waals surface area (Å²) in [6.45, 7) is -0.269. The van der Waals surface area contributed by atoms with Crippen molar-refractivity contribution in [3.8, 4) is 11.5 Å². The zero-order valence-corrected chi connectivity index (χ0v) is 15.3. The Morgan fingerprint density at radius 1 is 1.35 bits per heavy atom. The number of aromatic nitrogens is 3. The van der Waals surface area contributed by atoms with Gasteiger partial charge in [0.25, 0.3) is 11.5 Å². The van der Waals surface area contributed by atoms with Crippen molar-refractivity contribution in [1.82, 2.24) is 20.6 Å². The van der Waals surface area contributed by atoms with Gasteiger partial charge in [-0.1, -0.05) is 0 Å². The van der Waals surface area contributed by atoms with Crippen molar-refractivity contribution in [3.63, 3.8) is 0 Å². The lowest BCUT2D eigenvalue weighted by molar-refractivity contribution is -0.119. The first-order chi connectivity index (χ1) is 12.4. The second-order valence-corrected chi connectivity index (χ2v) is 5.59. The topological polar surface area (TPSA) is 151 Å². The number of H-pyrrole nitrogens is 2. The number of anilines is 1. The van der Waals surface area contributed by atoms with Gasteiger partial charge >= 0.3 is 5.69 Å². The van der Waals surface area contributed by atoms with Crippen LogP contribution in [0.2, 0.25) is 0 Å². The molecule has 2 rings (SSSR count). The van der Waals surface area contributed by atoms with Gasteiger partial charge in [-0.2, -0.15) is 5.10 Å². The molecule has 0 saturated heterocycles. The van der Waals surface area contributed by atoms with Gasteiger partial charge in [0.1, 0.15) is 0 Å². The Balaban J connectivity index is 1.95. The predicted octanol–water partition coefficient (Wildman–Crippen LogP) is -0.200. The van der Waals surface area contributed by atoms with Crippen LogP contribution in [0.25, 0.3) is 0 Å². The number of nitrogens with one attached hydrogen (secondary N) is 4. The monoisotopic (exact) mass is 426 g/mol. The normalized spacial score (nSPS) is 10.6. The van der Waals surface area contributed by atoms with Crippen LogP contribution in [0, 0.1) is 0 Å². The molecule has 1 aromatic carbocycles. The Bertz CT molecular complexity index is 938. The molecule has 138 valence electrons. The van der Waals surface area contributed by atoms with E-state index in [1.165, 1.54) is 20.4 Å². The summed E-state index contributed by atoms with van der Waals surface area (Å²) >= 11 is 3.35. The standard InChI is InChI=1S/C14H15BrN6O5/c1-25-9-4-7(3-8(15)11(9)26-2)5-17-19-10(22)6-16-12-13(23)18-14(24)21-20-12/h3-5H,6H2,1-2H3,(H,16,20)(H,19,22)(H2,18,21,23,24)/b17-5+. The van der Waals surface area contributed by atoms with Crippen molar-refractivity contribution >= 4 is 33.9 Å². The summed E-state index contributed by atoms with van der Waals surface area (Å²) in [4.78, 5) is 35.9. The largest absolute Gasteiger partial charge is 0.493 e. The van der Waals surface area contributed by atoms with Crippen LogP contribution >= 0.6 is 15.9 Å². The SMILES string of the molecule is COc1cc(/C=N/NC(=O)CNc2n[nH]c(=O)[nH]c2=O)cc(Br)c1OC. The van der Waals surface area contributed by atoms with E-state index < -0.39 is 17.2 Å². The molecular formula is C14H15BrN6O5. The van der Waals surface area contributed by atoms with Crippen molar-refractivity contribution in [2.24, 2.45) is 5.10 Å². The molecule has 0 unspecified atom stereocenters. The summed E-state index contributed by atoms with van der Waals surface area (Å²) in [6.07, 6.45) is 1.41. The number of nitrogens with zero attached hydrogens (tertiary/aromatic N) is 2. The van der Waals surface area contributed by atoms with E-state index in [0.717, 1.165) is 0 Å². The average Bonchev–Trinajstić information content (AvgIpc) is 2.60. The average molecular weight is 427 g/mol. The highest BCUT2D eigenvalue weighted by molar-refractivity contribution is 9.10. The molecule has 26 heavy (non-hydrogen) atoms. The number of amides is 1. The summed E-state index contributed by atoms with van der Waals surface area (Å²) in [5.41, 5.74) is 1.46. The number of methoxy groups -OCH3 is 2. The minimum absolute atomic E-state index is 0.187. The lowest BCUT2D eigenvalue weighted by Crippen LogP contribution is -2.31. The first-order valence-corrected chi connectivity index (χ1v) is 7.90. The van der Waals surface area contributed by atoms with Gasteiger partial charge in [-0.3, -0.25) is 14.6 Å². The van der Waals surface area contributed by atoms with Gasteiger partial charge in [-0.25, -0.2) is 15.3 Å². The number of hydrogen-bond acceptors (Lipinski definition) is 8. The van der Waals surface area contributed by atoms with Crippen LogP contribution in [0.4, 0.5) is 5.82 Å². The van der Waals surface area contributed by atoms with E-state index in [1.807, 2.05) is 10.1 Å². The van der Waals surface area contributed by atoms with Gasteiger partial charge in [0.15, 0.2) is 11.5 Å². The molecule has 0 fully saturated rings. The summed E-state index contributed by atoms with van der Waals surface area (Å²) in [6, 6.07) is 3.42. The summed E-state index contributed by atoms with van der Waals surface area (Å²) in [5, 5.41) is 11.8. The highest BCUT2D eigenvalue weighted by Gasteiger charge is 2.10. The maximum atomic E-state index is 11.7. The third-order valence-corrected chi connectivity index (χ3v) is 3.58. The van der Waals surface area contributed by atoms with Crippen molar-refractivity contribution in [1.29, 1.82) is 0 Å². The first kappa shape index (κ1) is 19.2. The molecule has 4 N–H and O–H groups in total. The molecule has 2 aromatic rings. The van der Waals surface area contributed by atoms with Gasteiger partial charge in [-0.15, -0.1) is 5.10 Å². The van der Waals surface area contributed by atoms with Crippen LogP contribution in [-0.4, -0.2) is 48.1 Å². The highest BCUT2D eigenvalue weighted by atomic mass is 79.9. The number of halogens is 1. The summed E-state index contributed by atoms with van der Waals surface area (Å²) in [5.74, 6) is 0.331. The van der Waals surface area contributed by atoms with E-state index in [2.05, 4.69) is 36.9 Å². The van der Waals surface area contributed by atoms with E-state index >= 15 is 0 Å². The highest BCUT2D eigenvalue weighted by Crippen LogP contribution is 2.35. The van der Waals surface area contributed by atoms with Crippen molar-refractivity contribution in [2.75, 3.05) is 26.1 Å². The Labute approximate surface area is 154 Å². The number of aromatic amines is 2. The van der Waals surface area contributed by atoms with Crippen LogP contribution < -0.4 is 31.5 Å². The van der Waals surface area contributed by atoms with Crippen LogP contribution in [-0.2, 0) is 4.79 Å². The summed E-state index contributed by atoms with van der Waals surface area (Å²) < 4.78 is 11.1. The fourth-order valence-electron chi connectivity index (χ4n) is 1.86. The third kappa shape index (κ3) is 4.92. The molecule has 0 aliphatic carbocycles. The van der Waals surface area contributed by atoms with Crippen molar-refractivity contribution in [3.05, 3.63) is 43.0 Å². The first-order valence-electron chi connectivity index (χ1n) is 7.11. The molecule has 12 heteroatoms. The molecule has 1 amide bonds. The molecule has 0 aliphatic rings. The van der Waals surface area contributed by atoms with Crippen molar-refractivity contribution < 1.29 is 14.3 Å². The fraction of sp³-hybridized carbons (Fsp3) is 0.214. The molecule has 11 nitrogen and oxygen atoms in total. The Morgan fingerprint density at radius 3 is 2.77 bits per heavy atom. The van der Waals surface area contributed by atoms with Gasteiger partial charge in [0, 0.05) is 0 Å². The van der Waals surface area contributed by atoms with Crippen LogP contribution in [0.1, 0.15) is 5.56 Å². The number of benzene rings is 1. The second-order valence-electron chi connectivity index (χ2n) is 4.74. The zero-order chi connectivity index (χ0) is 19.1. The Hall–Kier alpha value is -3.15. The Kier molecular flexibility index (Phi) is 6.49. The van der Waals surface area contributed by atoms with Gasteiger partial charge in [0.05, 0.1) is 31.5 Å². The van der Waals surface area contributed by atoms with E-state index in [9.17, 15) is 14.4 Å². The van der Waals surface area contributed by atoms with Gasteiger partial charge in [0.2, 0.25) is 5.82 Å². The van der Waals surface area contributed by atoms with E-state index in [4.69, 9.17) is 9.47 Å². The molecule has 0 saturated carbocycles. The molecule has 0 aliphatic heterocycles. The molecule has 0 spiro atoms. The number of rotatable bonds is 7. The number of hydrazone groups is 1. The summed E-state index contributed by atoms with van der Waals surface area (Å²) in [7, 11) is 3.02. The van der Waals surface area contributed by atoms with Gasteiger partial charge in [-0.05, 0) is 33.6 Å². The lowest BCUT2D eigenvalue weighted by Gasteiger charge is -2.10. The quantitative estimate of drug-likeness (QED) is 0.353. The van der Waals surface area contributed by atoms with Crippen LogP contribution in [0.3, 0.4) is 0 Å². The number of ether oxygens (including phenoxy) is 2. The third-order valence-electron chi connectivity index (χ3n) is 2.99. The minimum atomic E-state index is -0.740. The molecule has 0 bridgehead atoms. The second kappa shape index (κ2) is 8.80. The number of hydrogen-bond donors (Lipinski definition) is 4. The molecule has 0 radical (unpaired) electrons. The van der Waals surface area contributed by atoms with E-state index in [-0.39, 0.29) is 12.4 Å². The molecule has 1 heterocycles. The maximum Gasteiger partial charge on any atom is 0.342 e. The van der Waals surface area contributed by atoms with Crippen LogP contribution in [0.15, 0.2) is 31.3 Å². The Morgan fingerprint density at radius 2 is 2.12 bits per heavy atom. The lowest BCUT2D eigenvalue weighted by atomic mass is 10.2. The van der Waals surface area contributed by atoms with Gasteiger partial charge < -0.3 is 14.8 Å². The minimum Gasteiger partial charge on any atom is -0.493 e. The zero-order valence-electron chi connectivity index (χ0n) is 13.8. The number of carbonyl (C=O) groups excluding carboxylic acids is 1. The molecule has 0 atom stereocenters. The maximum absolute atomic E-state index is 11.7. The number of carbonyl (C=O) groups is 1. The fourth-order valence-corrected chi connectivity index (χ4v) is 2.48. The molecular weight excluding hydrogens is 412 g/mol. The van der Waals surface area contributed by atoms with Crippen molar-refractivity contribution in [2.45, 2.75) is 0 Å². The molecule has 1 aromatic heterocycles. The van der Waals surface area contributed by atoms with E-state index in [0.29, 0.717) is 21.5 Å². The predicted molar refractivity (Wildman–Crippen MR) is 97.0 cm³/mol. The smallest absolute Gasteiger partial charge is 0.342 e. The van der Waals surface area contributed by atoms with Crippen LogP contribution in [0.5, 0.6) is 11.5 Å².